The first-order valence-corrected chi connectivity index (χ1v) is 7.73. The minimum absolute atomic E-state index is 0.162. The molecule has 4 nitrogen and oxygen atoms in total. The zero-order valence-corrected chi connectivity index (χ0v) is 14.5. The standard InChI is InChI=1S/C19H23FN2O2/c1-19(24-4,16-10-5-6-11-17(16)20)13-21-18(23)14-8-7-9-15(12-14)22(2)3/h5-12H,13H2,1-4H3,(H,21,23). The number of halogens is 1. The molecule has 0 spiro atoms. The highest BCUT2D eigenvalue weighted by Crippen LogP contribution is 2.26. The second-order valence-electron chi connectivity index (χ2n) is 6.04. The van der Waals surface area contributed by atoms with E-state index in [-0.39, 0.29) is 18.3 Å². The number of nitrogens with zero attached hydrogens (tertiary/aromatic N) is 1. The molecule has 0 heterocycles. The van der Waals surface area contributed by atoms with Gasteiger partial charge in [-0.2, -0.15) is 0 Å². The molecule has 1 unspecified atom stereocenters. The summed E-state index contributed by atoms with van der Waals surface area (Å²) in [5.74, 6) is -0.580. The Morgan fingerprint density at radius 1 is 1.21 bits per heavy atom. The number of methoxy groups -OCH3 is 1. The van der Waals surface area contributed by atoms with Crippen LogP contribution in [0.1, 0.15) is 22.8 Å². The molecule has 0 bridgehead atoms. The molecule has 1 amide bonds. The quantitative estimate of drug-likeness (QED) is 0.884. The maximum Gasteiger partial charge on any atom is 0.251 e. The highest BCUT2D eigenvalue weighted by molar-refractivity contribution is 5.95. The van der Waals surface area contributed by atoms with Crippen LogP contribution in [0.5, 0.6) is 0 Å². The van der Waals surface area contributed by atoms with Gasteiger partial charge < -0.3 is 15.0 Å². The molecule has 5 heteroatoms. The zero-order valence-electron chi connectivity index (χ0n) is 14.5. The van der Waals surface area contributed by atoms with Gasteiger partial charge in [0.1, 0.15) is 11.4 Å². The Labute approximate surface area is 142 Å². The molecule has 0 saturated carbocycles. The van der Waals surface area contributed by atoms with Gasteiger partial charge in [0, 0.05) is 38.0 Å². The Bertz CT molecular complexity index is 718. The predicted molar refractivity (Wildman–Crippen MR) is 93.9 cm³/mol. The summed E-state index contributed by atoms with van der Waals surface area (Å²) in [6.45, 7) is 1.91. The number of hydrogen-bond donors (Lipinski definition) is 1. The molecule has 0 aliphatic rings. The number of amides is 1. The molecule has 0 fully saturated rings. The van der Waals surface area contributed by atoms with Gasteiger partial charge in [0.25, 0.3) is 5.91 Å². The van der Waals surface area contributed by atoms with Gasteiger partial charge in [0.05, 0.1) is 6.54 Å². The van der Waals surface area contributed by atoms with Crippen molar-refractivity contribution in [3.05, 3.63) is 65.5 Å². The molecule has 24 heavy (non-hydrogen) atoms. The number of ether oxygens (including phenoxy) is 1. The first-order chi connectivity index (χ1) is 11.4. The molecule has 0 aromatic heterocycles. The van der Waals surface area contributed by atoms with E-state index < -0.39 is 5.60 Å². The highest BCUT2D eigenvalue weighted by atomic mass is 19.1. The molecule has 1 atom stereocenters. The van der Waals surface area contributed by atoms with Crippen LogP contribution in [0.15, 0.2) is 48.5 Å². The number of rotatable bonds is 6. The third-order valence-electron chi connectivity index (χ3n) is 4.11. The fourth-order valence-electron chi connectivity index (χ4n) is 2.44. The SMILES string of the molecule is COC(C)(CNC(=O)c1cccc(N(C)C)c1)c1ccccc1F. The molecule has 2 rings (SSSR count). The molecule has 0 aliphatic carbocycles. The van der Waals surface area contributed by atoms with E-state index in [2.05, 4.69) is 5.32 Å². The summed E-state index contributed by atoms with van der Waals surface area (Å²) in [6.07, 6.45) is 0. The summed E-state index contributed by atoms with van der Waals surface area (Å²) >= 11 is 0. The summed E-state index contributed by atoms with van der Waals surface area (Å²) < 4.78 is 19.6. The summed E-state index contributed by atoms with van der Waals surface area (Å²) in [5, 5.41) is 2.83. The van der Waals surface area contributed by atoms with E-state index in [1.165, 1.54) is 13.2 Å². The lowest BCUT2D eigenvalue weighted by molar-refractivity contribution is 0.000389. The van der Waals surface area contributed by atoms with Crippen LogP contribution < -0.4 is 10.2 Å². The number of benzene rings is 2. The smallest absolute Gasteiger partial charge is 0.251 e. The fraction of sp³-hybridized carbons (Fsp3) is 0.316. The molecule has 0 aliphatic heterocycles. The van der Waals surface area contributed by atoms with Gasteiger partial charge in [-0.05, 0) is 31.2 Å². The lowest BCUT2D eigenvalue weighted by atomic mass is 9.95. The van der Waals surface area contributed by atoms with Crippen LogP contribution in [0, 0.1) is 5.82 Å². The highest BCUT2D eigenvalue weighted by Gasteiger charge is 2.29. The van der Waals surface area contributed by atoms with Gasteiger partial charge in [0.2, 0.25) is 0 Å². The lowest BCUT2D eigenvalue weighted by Gasteiger charge is -2.29. The van der Waals surface area contributed by atoms with Gasteiger partial charge >= 0.3 is 0 Å². The van der Waals surface area contributed by atoms with Crippen LogP contribution in [-0.4, -0.2) is 33.7 Å². The van der Waals surface area contributed by atoms with Gasteiger partial charge in [-0.3, -0.25) is 4.79 Å². The average Bonchev–Trinajstić information content (AvgIpc) is 2.59. The molecule has 128 valence electrons. The van der Waals surface area contributed by atoms with E-state index >= 15 is 0 Å². The van der Waals surface area contributed by atoms with Crippen molar-refractivity contribution in [1.29, 1.82) is 0 Å². The first-order valence-electron chi connectivity index (χ1n) is 7.73. The normalized spacial score (nSPS) is 13.2. The Hall–Kier alpha value is -2.40. The summed E-state index contributed by atoms with van der Waals surface area (Å²) in [4.78, 5) is 14.3. The van der Waals surface area contributed by atoms with Crippen LogP contribution in [0.3, 0.4) is 0 Å². The number of anilines is 1. The van der Waals surface area contributed by atoms with Crippen LogP contribution in [0.2, 0.25) is 0 Å². The maximum absolute atomic E-state index is 14.1. The number of carbonyl (C=O) groups is 1. The molecular weight excluding hydrogens is 307 g/mol. The zero-order chi connectivity index (χ0) is 17.7. The molecule has 1 N–H and O–H groups in total. The maximum atomic E-state index is 14.1. The molecular formula is C19H23FN2O2. The monoisotopic (exact) mass is 330 g/mol. The van der Waals surface area contributed by atoms with Crippen molar-refractivity contribution in [3.63, 3.8) is 0 Å². The Kier molecular flexibility index (Phi) is 5.57. The van der Waals surface area contributed by atoms with E-state index in [9.17, 15) is 9.18 Å². The largest absolute Gasteiger partial charge is 0.378 e. The average molecular weight is 330 g/mol. The molecule has 0 saturated heterocycles. The summed E-state index contributed by atoms with van der Waals surface area (Å²) in [6, 6.07) is 13.7. The third-order valence-corrected chi connectivity index (χ3v) is 4.11. The van der Waals surface area contributed by atoms with Crippen molar-refractivity contribution in [2.24, 2.45) is 0 Å². The second kappa shape index (κ2) is 7.45. The minimum Gasteiger partial charge on any atom is -0.378 e. The predicted octanol–water partition coefficient (Wildman–Crippen LogP) is 3.18. The molecule has 2 aromatic rings. The Morgan fingerprint density at radius 3 is 2.54 bits per heavy atom. The van der Waals surface area contributed by atoms with Gasteiger partial charge in [0.15, 0.2) is 0 Å². The third kappa shape index (κ3) is 3.92. The van der Waals surface area contributed by atoms with Crippen molar-refractivity contribution in [2.45, 2.75) is 12.5 Å². The topological polar surface area (TPSA) is 41.6 Å². The summed E-state index contributed by atoms with van der Waals surface area (Å²) in [5.41, 5.74) is 0.953. The van der Waals surface area contributed by atoms with E-state index in [0.717, 1.165) is 5.69 Å². The van der Waals surface area contributed by atoms with Crippen molar-refractivity contribution in [3.8, 4) is 0 Å². The van der Waals surface area contributed by atoms with Crippen molar-refractivity contribution >= 4 is 11.6 Å². The van der Waals surface area contributed by atoms with Crippen LogP contribution in [0.25, 0.3) is 0 Å². The van der Waals surface area contributed by atoms with Crippen LogP contribution in [-0.2, 0) is 10.3 Å². The van der Waals surface area contributed by atoms with Crippen molar-refractivity contribution in [1.82, 2.24) is 5.32 Å². The van der Waals surface area contributed by atoms with Crippen LogP contribution >= 0.6 is 0 Å². The van der Waals surface area contributed by atoms with Crippen molar-refractivity contribution in [2.75, 3.05) is 32.6 Å². The van der Waals surface area contributed by atoms with Gasteiger partial charge in [-0.1, -0.05) is 24.3 Å². The first kappa shape index (κ1) is 17.9. The number of nitrogens with one attached hydrogen (secondary N) is 1. The second-order valence-corrected chi connectivity index (χ2v) is 6.04. The summed E-state index contributed by atoms with van der Waals surface area (Å²) in [7, 11) is 5.33. The number of hydrogen-bond acceptors (Lipinski definition) is 3. The van der Waals surface area contributed by atoms with Gasteiger partial charge in [-0.25, -0.2) is 4.39 Å². The molecule has 2 aromatic carbocycles. The Balaban J connectivity index is 2.15. The minimum atomic E-state index is -0.944. The molecule has 0 radical (unpaired) electrons. The van der Waals surface area contributed by atoms with Gasteiger partial charge in [-0.15, -0.1) is 0 Å². The van der Waals surface area contributed by atoms with E-state index in [4.69, 9.17) is 4.74 Å². The fourth-order valence-corrected chi connectivity index (χ4v) is 2.44. The van der Waals surface area contributed by atoms with E-state index in [0.29, 0.717) is 11.1 Å². The number of carbonyl (C=O) groups excluding carboxylic acids is 1. The van der Waals surface area contributed by atoms with E-state index in [1.54, 1.807) is 31.2 Å². The van der Waals surface area contributed by atoms with E-state index in [1.807, 2.05) is 37.2 Å². The lowest BCUT2D eigenvalue weighted by Crippen LogP contribution is -2.40. The van der Waals surface area contributed by atoms with Crippen molar-refractivity contribution < 1.29 is 13.9 Å². The van der Waals surface area contributed by atoms with Crippen LogP contribution in [0.4, 0.5) is 10.1 Å². The Morgan fingerprint density at radius 2 is 1.92 bits per heavy atom.